The van der Waals surface area contributed by atoms with Crippen molar-refractivity contribution in [1.82, 2.24) is 5.32 Å². The van der Waals surface area contributed by atoms with Crippen LogP contribution < -0.4 is 20.3 Å². The van der Waals surface area contributed by atoms with Crippen LogP contribution in [0.5, 0.6) is 5.75 Å². The van der Waals surface area contributed by atoms with E-state index in [-0.39, 0.29) is 17.4 Å². The molecule has 0 unspecified atom stereocenters. The molecular weight excluding hydrogens is 627 g/mol. The lowest BCUT2D eigenvalue weighted by Gasteiger charge is -2.31. The molecule has 0 aromatic heterocycles. The zero-order chi connectivity index (χ0) is 32.6. The number of hydrogen-bond donors (Lipinski definition) is 2. The van der Waals surface area contributed by atoms with E-state index in [1.165, 1.54) is 11.8 Å². The van der Waals surface area contributed by atoms with Gasteiger partial charge in [-0.1, -0.05) is 66.4 Å². The standard InChI is InChI=1S/C38H31N3O4S2/c1-2-45-29-20-16-26(17-21-29)24-31(40-37(43)27-10-4-3-5-11-27)38(44)39-28-18-22-30(23-19-28)46-25-36(42)41-32-12-6-8-14-34(32)47-35-15-9-7-13-33(35)41/h3-24H,2,25H2,1H3,(H,39,44)(H,40,43)/b31-24-. The Balaban J connectivity index is 1.14. The van der Waals surface area contributed by atoms with Crippen molar-refractivity contribution in [3.8, 4) is 5.75 Å². The van der Waals surface area contributed by atoms with Crippen LogP contribution in [0.3, 0.4) is 0 Å². The third-order valence-electron chi connectivity index (χ3n) is 7.19. The molecule has 1 heterocycles. The lowest BCUT2D eigenvalue weighted by Crippen LogP contribution is -2.30. The molecule has 7 nitrogen and oxygen atoms in total. The van der Waals surface area contributed by atoms with Gasteiger partial charge in [-0.05, 0) is 91.4 Å². The van der Waals surface area contributed by atoms with Gasteiger partial charge in [0.25, 0.3) is 11.8 Å². The predicted octanol–water partition coefficient (Wildman–Crippen LogP) is 8.42. The number of para-hydroxylation sites is 2. The van der Waals surface area contributed by atoms with Crippen molar-refractivity contribution < 1.29 is 19.1 Å². The van der Waals surface area contributed by atoms with Crippen LogP contribution in [0.25, 0.3) is 6.08 Å². The van der Waals surface area contributed by atoms with Crippen LogP contribution in [-0.2, 0) is 9.59 Å². The number of carbonyl (C=O) groups is 3. The summed E-state index contributed by atoms with van der Waals surface area (Å²) in [6, 6.07) is 39.1. The van der Waals surface area contributed by atoms with Crippen molar-refractivity contribution in [3.63, 3.8) is 0 Å². The van der Waals surface area contributed by atoms with Crippen molar-refractivity contribution >= 4 is 64.4 Å². The average molecular weight is 658 g/mol. The van der Waals surface area contributed by atoms with Gasteiger partial charge < -0.3 is 15.4 Å². The average Bonchev–Trinajstić information content (AvgIpc) is 3.11. The predicted molar refractivity (Wildman–Crippen MR) is 189 cm³/mol. The van der Waals surface area contributed by atoms with E-state index in [1.54, 1.807) is 59.1 Å². The second-order valence-electron chi connectivity index (χ2n) is 10.4. The summed E-state index contributed by atoms with van der Waals surface area (Å²) in [6.07, 6.45) is 1.62. The van der Waals surface area contributed by atoms with E-state index < -0.39 is 11.8 Å². The van der Waals surface area contributed by atoms with Gasteiger partial charge >= 0.3 is 0 Å². The van der Waals surface area contributed by atoms with Gasteiger partial charge in [-0.25, -0.2) is 0 Å². The number of fused-ring (bicyclic) bond motifs is 2. The maximum Gasteiger partial charge on any atom is 0.272 e. The van der Waals surface area contributed by atoms with Crippen LogP contribution in [-0.4, -0.2) is 30.1 Å². The summed E-state index contributed by atoms with van der Waals surface area (Å²) < 4.78 is 5.52. The molecule has 0 atom stereocenters. The minimum atomic E-state index is -0.473. The summed E-state index contributed by atoms with van der Waals surface area (Å²) in [5.41, 5.74) is 3.56. The highest BCUT2D eigenvalue weighted by molar-refractivity contribution is 8.00. The molecule has 0 saturated heterocycles. The number of amides is 3. The van der Waals surface area contributed by atoms with Gasteiger partial charge in [0.05, 0.1) is 23.7 Å². The zero-order valence-corrected chi connectivity index (χ0v) is 27.1. The molecule has 0 saturated carbocycles. The summed E-state index contributed by atoms with van der Waals surface area (Å²) in [4.78, 5) is 44.8. The van der Waals surface area contributed by atoms with Gasteiger partial charge in [0.1, 0.15) is 11.4 Å². The Morgan fingerprint density at radius 2 is 1.38 bits per heavy atom. The summed E-state index contributed by atoms with van der Waals surface area (Å²) in [5.74, 6) is 0.0597. The number of nitrogens with one attached hydrogen (secondary N) is 2. The summed E-state index contributed by atoms with van der Waals surface area (Å²) in [6.45, 7) is 2.46. The van der Waals surface area contributed by atoms with Crippen molar-refractivity contribution in [2.75, 3.05) is 22.6 Å². The van der Waals surface area contributed by atoms with Gasteiger partial charge in [-0.3, -0.25) is 19.3 Å². The maximum atomic E-state index is 13.6. The molecule has 6 rings (SSSR count). The second kappa shape index (κ2) is 14.9. The first-order valence-electron chi connectivity index (χ1n) is 15.0. The van der Waals surface area contributed by atoms with E-state index in [0.29, 0.717) is 23.6 Å². The second-order valence-corrected chi connectivity index (χ2v) is 12.5. The van der Waals surface area contributed by atoms with E-state index in [9.17, 15) is 14.4 Å². The van der Waals surface area contributed by atoms with E-state index in [0.717, 1.165) is 31.6 Å². The first-order valence-corrected chi connectivity index (χ1v) is 16.8. The number of benzene rings is 5. The smallest absolute Gasteiger partial charge is 0.272 e. The fraction of sp³-hybridized carbons (Fsp3) is 0.0789. The number of carbonyl (C=O) groups excluding carboxylic acids is 3. The third kappa shape index (κ3) is 7.77. The van der Waals surface area contributed by atoms with Crippen LogP contribution in [0.2, 0.25) is 0 Å². The maximum absolute atomic E-state index is 13.6. The highest BCUT2D eigenvalue weighted by Crippen LogP contribution is 2.48. The Morgan fingerprint density at radius 3 is 2.02 bits per heavy atom. The zero-order valence-electron chi connectivity index (χ0n) is 25.5. The van der Waals surface area contributed by atoms with Crippen molar-refractivity contribution in [2.45, 2.75) is 21.6 Å². The SMILES string of the molecule is CCOc1ccc(/C=C(\NC(=O)c2ccccc2)C(=O)Nc2ccc(SCC(=O)N3c4ccccc4Sc4ccccc43)cc2)cc1. The fourth-order valence-electron chi connectivity index (χ4n) is 4.95. The number of anilines is 3. The minimum Gasteiger partial charge on any atom is -0.494 e. The van der Waals surface area contributed by atoms with Crippen molar-refractivity contribution in [1.29, 1.82) is 0 Å². The molecule has 47 heavy (non-hydrogen) atoms. The molecule has 234 valence electrons. The molecule has 5 aromatic rings. The minimum absolute atomic E-state index is 0.0224. The molecule has 0 radical (unpaired) electrons. The van der Waals surface area contributed by atoms with Gasteiger partial charge in [-0.15, -0.1) is 11.8 Å². The van der Waals surface area contributed by atoms with Gasteiger partial charge in [0, 0.05) is 25.9 Å². The molecule has 1 aliphatic rings. The summed E-state index contributed by atoms with van der Waals surface area (Å²) >= 11 is 3.09. The highest BCUT2D eigenvalue weighted by atomic mass is 32.2. The number of hydrogen-bond acceptors (Lipinski definition) is 6. The highest BCUT2D eigenvalue weighted by Gasteiger charge is 2.27. The molecule has 3 amide bonds. The van der Waals surface area contributed by atoms with Crippen LogP contribution in [0.4, 0.5) is 17.1 Å². The Labute approximate surface area is 282 Å². The topological polar surface area (TPSA) is 87.7 Å². The van der Waals surface area contributed by atoms with Crippen LogP contribution in [0.15, 0.2) is 148 Å². The van der Waals surface area contributed by atoms with Crippen molar-refractivity contribution in [3.05, 3.63) is 144 Å². The van der Waals surface area contributed by atoms with E-state index >= 15 is 0 Å². The molecule has 0 spiro atoms. The van der Waals surface area contributed by atoms with Crippen LogP contribution in [0.1, 0.15) is 22.8 Å². The Morgan fingerprint density at radius 1 is 0.766 bits per heavy atom. The molecule has 0 fully saturated rings. The Kier molecular flexibility index (Phi) is 10.1. The number of rotatable bonds is 10. The normalized spacial score (nSPS) is 12.0. The van der Waals surface area contributed by atoms with Gasteiger partial charge in [0.15, 0.2) is 0 Å². The monoisotopic (exact) mass is 657 g/mol. The fourth-order valence-corrected chi connectivity index (χ4v) is 6.76. The first-order chi connectivity index (χ1) is 23.0. The lowest BCUT2D eigenvalue weighted by molar-refractivity contribution is -0.115. The van der Waals surface area contributed by atoms with E-state index in [2.05, 4.69) is 10.6 Å². The first kappa shape index (κ1) is 31.7. The molecule has 0 bridgehead atoms. The largest absolute Gasteiger partial charge is 0.494 e. The molecule has 0 aliphatic carbocycles. The summed E-state index contributed by atoms with van der Waals surface area (Å²) in [7, 11) is 0. The Bertz CT molecular complexity index is 1880. The van der Waals surface area contributed by atoms with Gasteiger partial charge in [-0.2, -0.15) is 0 Å². The molecule has 9 heteroatoms. The lowest BCUT2D eigenvalue weighted by atomic mass is 10.1. The van der Waals surface area contributed by atoms with Crippen LogP contribution >= 0.6 is 23.5 Å². The molecular formula is C38H31N3O4S2. The molecule has 1 aliphatic heterocycles. The van der Waals surface area contributed by atoms with Crippen LogP contribution in [0, 0.1) is 0 Å². The quantitative estimate of drug-likeness (QED) is 0.116. The number of nitrogens with zero attached hydrogens (tertiary/aromatic N) is 1. The Hall–Kier alpha value is -5.25. The van der Waals surface area contributed by atoms with Crippen molar-refractivity contribution in [2.24, 2.45) is 0 Å². The van der Waals surface area contributed by atoms with Gasteiger partial charge in [0.2, 0.25) is 5.91 Å². The summed E-state index contributed by atoms with van der Waals surface area (Å²) in [5, 5.41) is 5.65. The van der Waals surface area contributed by atoms with E-state index in [1.807, 2.05) is 97.9 Å². The molecule has 2 N–H and O–H groups in total. The molecule has 5 aromatic carbocycles. The van der Waals surface area contributed by atoms with E-state index in [4.69, 9.17) is 4.74 Å². The number of ether oxygens (including phenoxy) is 1. The third-order valence-corrected chi connectivity index (χ3v) is 9.31. The number of thioether (sulfide) groups is 1.